The molecule has 2 aromatic rings. The molecule has 2 aromatic carbocycles. The summed E-state index contributed by atoms with van der Waals surface area (Å²) in [7, 11) is -4.08. The quantitative estimate of drug-likeness (QED) is 0.446. The van der Waals surface area contributed by atoms with Gasteiger partial charge in [-0.05, 0) is 87.0 Å². The smallest absolute Gasteiger partial charge is 0.264 e. The van der Waals surface area contributed by atoms with Gasteiger partial charge in [-0.15, -0.1) is 0 Å². The summed E-state index contributed by atoms with van der Waals surface area (Å²) in [4.78, 5) is 26.2. The SMILES string of the molecule is O=C1NC2CC(CNC(=O)C3(C/C=C/CN(c4ccc(Cl)cc4)S(=O)(=O)c4ccc(Cl)c1c4)CCCN3)C2. The predicted molar refractivity (Wildman–Crippen MR) is 148 cm³/mol. The lowest BCUT2D eigenvalue weighted by Gasteiger charge is -2.37. The minimum absolute atomic E-state index is 0.0238. The Labute approximate surface area is 232 Å². The monoisotopic (exact) mass is 576 g/mol. The Kier molecular flexibility index (Phi) is 7.73. The summed E-state index contributed by atoms with van der Waals surface area (Å²) >= 11 is 12.4. The fraction of sp³-hybridized carbons (Fsp3) is 0.407. The molecule has 38 heavy (non-hydrogen) atoms. The average molecular weight is 578 g/mol. The van der Waals surface area contributed by atoms with E-state index in [9.17, 15) is 18.0 Å². The molecule has 11 heteroatoms. The topological polar surface area (TPSA) is 108 Å². The summed E-state index contributed by atoms with van der Waals surface area (Å²) in [5, 5.41) is 10.1. The van der Waals surface area contributed by atoms with Gasteiger partial charge in [0.05, 0.1) is 27.7 Å². The first-order valence-corrected chi connectivity index (χ1v) is 14.9. The van der Waals surface area contributed by atoms with Crippen LogP contribution in [0.1, 0.15) is 42.5 Å². The molecule has 1 atom stereocenters. The fourth-order valence-electron chi connectivity index (χ4n) is 5.33. The van der Waals surface area contributed by atoms with Gasteiger partial charge in [0.2, 0.25) is 5.91 Å². The van der Waals surface area contributed by atoms with Crippen molar-refractivity contribution in [3.05, 3.63) is 70.2 Å². The number of carbonyl (C=O) groups excluding carboxylic acids is 2. The first kappa shape index (κ1) is 27.0. The van der Waals surface area contributed by atoms with Crippen LogP contribution in [0.5, 0.6) is 0 Å². The lowest BCUT2D eigenvalue weighted by Crippen LogP contribution is -2.55. The molecular weight excluding hydrogens is 547 g/mol. The van der Waals surface area contributed by atoms with Gasteiger partial charge >= 0.3 is 0 Å². The number of rotatable bonds is 1. The minimum atomic E-state index is -4.08. The molecule has 4 aliphatic rings. The van der Waals surface area contributed by atoms with E-state index in [-0.39, 0.29) is 39.9 Å². The van der Waals surface area contributed by atoms with Crippen molar-refractivity contribution in [3.63, 3.8) is 0 Å². The summed E-state index contributed by atoms with van der Waals surface area (Å²) in [6.45, 7) is 1.33. The molecule has 1 unspecified atom stereocenters. The Morgan fingerprint density at radius 2 is 1.76 bits per heavy atom. The van der Waals surface area contributed by atoms with Gasteiger partial charge in [0.25, 0.3) is 15.9 Å². The zero-order valence-corrected chi connectivity index (χ0v) is 23.1. The van der Waals surface area contributed by atoms with E-state index < -0.39 is 21.5 Å². The largest absolute Gasteiger partial charge is 0.354 e. The lowest BCUT2D eigenvalue weighted by molar-refractivity contribution is -0.127. The second-order valence-corrected chi connectivity index (χ2v) is 12.9. The number of fused-ring (bicyclic) bond motifs is 7. The van der Waals surface area contributed by atoms with Crippen molar-refractivity contribution in [2.45, 2.75) is 48.6 Å². The van der Waals surface area contributed by atoms with E-state index in [4.69, 9.17) is 23.2 Å². The van der Waals surface area contributed by atoms with Crippen LogP contribution in [0.15, 0.2) is 59.5 Å². The highest BCUT2D eigenvalue weighted by atomic mass is 35.5. The average Bonchev–Trinajstić information content (AvgIpc) is 3.35. The maximum absolute atomic E-state index is 13.9. The molecular formula is C27H30Cl2N4O4S. The molecule has 1 aliphatic carbocycles. The summed E-state index contributed by atoms with van der Waals surface area (Å²) < 4.78 is 29.0. The standard InChI is InChI=1S/C27H30Cl2N4O4S/c28-19-4-6-21(7-5-19)33-13-2-1-10-27(11-3-12-31-27)26(35)30-17-18-14-20(15-18)32-25(34)23-16-22(38(33,36)37)8-9-24(23)29/h1-2,4-9,16,18,20,31H,3,10-15,17H2,(H,30,35)(H,32,34)/b2-1+. The van der Waals surface area contributed by atoms with Crippen LogP contribution in [0, 0.1) is 5.92 Å². The van der Waals surface area contributed by atoms with Gasteiger partial charge in [-0.1, -0.05) is 35.4 Å². The highest BCUT2D eigenvalue weighted by Crippen LogP contribution is 2.31. The van der Waals surface area contributed by atoms with Crippen molar-refractivity contribution in [2.24, 2.45) is 5.92 Å². The van der Waals surface area contributed by atoms with Crippen LogP contribution in [0.25, 0.3) is 0 Å². The van der Waals surface area contributed by atoms with Crippen molar-refractivity contribution in [1.82, 2.24) is 16.0 Å². The van der Waals surface area contributed by atoms with E-state index in [2.05, 4.69) is 16.0 Å². The molecule has 4 bridgehead atoms. The molecule has 1 saturated heterocycles. The number of nitrogens with one attached hydrogen (secondary N) is 3. The van der Waals surface area contributed by atoms with E-state index in [1.165, 1.54) is 22.5 Å². The Hall–Kier alpha value is -2.59. The molecule has 3 heterocycles. The third-order valence-electron chi connectivity index (χ3n) is 7.59. The van der Waals surface area contributed by atoms with E-state index in [0.29, 0.717) is 30.1 Å². The van der Waals surface area contributed by atoms with Crippen LogP contribution < -0.4 is 20.3 Å². The van der Waals surface area contributed by atoms with E-state index in [1.54, 1.807) is 30.3 Å². The number of hydrogen-bond acceptors (Lipinski definition) is 5. The minimum Gasteiger partial charge on any atom is -0.354 e. The van der Waals surface area contributed by atoms with Crippen LogP contribution in [-0.4, -0.2) is 51.4 Å². The highest BCUT2D eigenvalue weighted by Gasteiger charge is 2.41. The van der Waals surface area contributed by atoms with Gasteiger partial charge in [0.1, 0.15) is 5.54 Å². The summed E-state index contributed by atoms with van der Waals surface area (Å²) in [6, 6.07) is 10.6. The van der Waals surface area contributed by atoms with Crippen molar-refractivity contribution in [3.8, 4) is 0 Å². The van der Waals surface area contributed by atoms with Crippen molar-refractivity contribution < 1.29 is 18.0 Å². The molecule has 1 spiro atoms. The number of amides is 2. The molecule has 1 saturated carbocycles. The molecule has 2 fully saturated rings. The van der Waals surface area contributed by atoms with Crippen LogP contribution in [0.2, 0.25) is 10.0 Å². The van der Waals surface area contributed by atoms with Crippen LogP contribution in [0.4, 0.5) is 5.69 Å². The first-order valence-electron chi connectivity index (χ1n) is 12.7. The zero-order chi connectivity index (χ0) is 26.9. The van der Waals surface area contributed by atoms with Crippen molar-refractivity contribution in [2.75, 3.05) is 23.9 Å². The van der Waals surface area contributed by atoms with E-state index in [1.807, 2.05) is 6.08 Å². The number of hydrogen-bond donors (Lipinski definition) is 3. The lowest BCUT2D eigenvalue weighted by atomic mass is 9.79. The van der Waals surface area contributed by atoms with Gasteiger partial charge < -0.3 is 16.0 Å². The Bertz CT molecular complexity index is 1350. The number of sulfonamides is 1. The molecule has 0 aromatic heterocycles. The van der Waals surface area contributed by atoms with Gasteiger partial charge in [-0.25, -0.2) is 8.42 Å². The number of nitrogens with zero attached hydrogens (tertiary/aromatic N) is 1. The summed E-state index contributed by atoms with van der Waals surface area (Å²) in [5.41, 5.74) is -0.193. The zero-order valence-electron chi connectivity index (χ0n) is 20.8. The van der Waals surface area contributed by atoms with E-state index in [0.717, 1.165) is 25.8 Å². The summed E-state index contributed by atoms with van der Waals surface area (Å²) in [5.74, 6) is -0.197. The molecule has 3 N–H and O–H groups in total. The van der Waals surface area contributed by atoms with Gasteiger partial charge in [0, 0.05) is 17.6 Å². The molecule has 202 valence electrons. The van der Waals surface area contributed by atoms with Crippen molar-refractivity contribution >= 4 is 50.7 Å². The maximum Gasteiger partial charge on any atom is 0.264 e. The summed E-state index contributed by atoms with van der Waals surface area (Å²) in [6.07, 6.45) is 7.12. The molecule has 8 nitrogen and oxygen atoms in total. The number of halogens is 2. The van der Waals surface area contributed by atoms with Gasteiger partial charge in [-0.2, -0.15) is 0 Å². The maximum atomic E-state index is 13.9. The highest BCUT2D eigenvalue weighted by molar-refractivity contribution is 7.92. The number of anilines is 1. The van der Waals surface area contributed by atoms with Crippen LogP contribution in [-0.2, 0) is 14.8 Å². The Morgan fingerprint density at radius 3 is 2.47 bits per heavy atom. The van der Waals surface area contributed by atoms with E-state index >= 15 is 0 Å². The second kappa shape index (κ2) is 10.9. The Morgan fingerprint density at radius 1 is 1.00 bits per heavy atom. The van der Waals surface area contributed by atoms with Gasteiger partial charge in [0.15, 0.2) is 0 Å². The number of benzene rings is 2. The third-order valence-corrected chi connectivity index (χ3v) is 9.96. The van der Waals surface area contributed by atoms with Gasteiger partial charge in [-0.3, -0.25) is 13.9 Å². The van der Waals surface area contributed by atoms with Crippen LogP contribution >= 0.6 is 23.2 Å². The fourth-order valence-corrected chi connectivity index (χ4v) is 7.10. The first-order chi connectivity index (χ1) is 18.2. The normalized spacial score (nSPS) is 28.5. The molecule has 2 amide bonds. The third kappa shape index (κ3) is 5.43. The van der Waals surface area contributed by atoms with Crippen LogP contribution in [0.3, 0.4) is 0 Å². The number of carbonyl (C=O) groups is 2. The molecule has 6 rings (SSSR count). The second-order valence-electron chi connectivity index (χ2n) is 10.2. The predicted octanol–water partition coefficient (Wildman–Crippen LogP) is 3.90. The molecule has 0 radical (unpaired) electrons. The van der Waals surface area contributed by atoms with Crippen molar-refractivity contribution in [1.29, 1.82) is 0 Å². The molecule has 3 aliphatic heterocycles. The Balaban J connectivity index is 1.53.